The van der Waals surface area contributed by atoms with Crippen LogP contribution in [0.3, 0.4) is 0 Å². The number of carbonyl (C=O) groups excluding carboxylic acids is 1. The number of anilines is 1. The zero-order chi connectivity index (χ0) is 22.5. The highest BCUT2D eigenvalue weighted by atomic mass is 16.5. The number of ether oxygens (including phenoxy) is 1. The predicted octanol–water partition coefficient (Wildman–Crippen LogP) is 3.14. The number of piperazine rings is 1. The van der Waals surface area contributed by atoms with Crippen LogP contribution in [0.1, 0.15) is 28.6 Å². The fourth-order valence-electron chi connectivity index (χ4n) is 4.34. The number of para-hydroxylation sites is 1. The molecule has 0 spiro atoms. The standard InChI is InChI=1S/C25H31N5O2/c1-18-25(19(2)30(28-18)16-20-9-5-4-6-10-20)27-24(31)17-29-14-13-26-15-22(29)21-11-7-8-12-23(21)32-3/h4-12,22,26H,13-17H2,1-3H3,(H,27,31). The van der Waals surface area contributed by atoms with Crippen LogP contribution >= 0.6 is 0 Å². The Morgan fingerprint density at radius 1 is 1.16 bits per heavy atom. The van der Waals surface area contributed by atoms with Gasteiger partial charge in [0.25, 0.3) is 0 Å². The molecule has 0 bridgehead atoms. The van der Waals surface area contributed by atoms with Crippen LogP contribution in [0.2, 0.25) is 0 Å². The summed E-state index contributed by atoms with van der Waals surface area (Å²) < 4.78 is 7.51. The first-order valence-corrected chi connectivity index (χ1v) is 11.0. The van der Waals surface area contributed by atoms with Gasteiger partial charge in [-0.15, -0.1) is 0 Å². The van der Waals surface area contributed by atoms with Crippen LogP contribution in [0.4, 0.5) is 5.69 Å². The number of nitrogens with zero attached hydrogens (tertiary/aromatic N) is 3. The number of aryl methyl sites for hydroxylation is 1. The van der Waals surface area contributed by atoms with E-state index in [1.165, 1.54) is 5.56 Å². The van der Waals surface area contributed by atoms with Crippen LogP contribution in [0.5, 0.6) is 5.75 Å². The highest BCUT2D eigenvalue weighted by Gasteiger charge is 2.28. The molecule has 0 saturated carbocycles. The maximum absolute atomic E-state index is 13.0. The second kappa shape index (κ2) is 9.97. The number of hydrogen-bond acceptors (Lipinski definition) is 5. The van der Waals surface area contributed by atoms with Crippen LogP contribution < -0.4 is 15.4 Å². The van der Waals surface area contributed by atoms with Gasteiger partial charge >= 0.3 is 0 Å². The van der Waals surface area contributed by atoms with Gasteiger partial charge < -0.3 is 15.4 Å². The van der Waals surface area contributed by atoms with Gasteiger partial charge in [-0.05, 0) is 25.5 Å². The number of aromatic nitrogens is 2. The number of benzene rings is 2. The van der Waals surface area contributed by atoms with Crippen molar-refractivity contribution >= 4 is 11.6 Å². The molecular weight excluding hydrogens is 402 g/mol. The van der Waals surface area contributed by atoms with Crippen molar-refractivity contribution in [2.75, 3.05) is 38.6 Å². The Hall–Kier alpha value is -3.16. The average molecular weight is 434 g/mol. The SMILES string of the molecule is COc1ccccc1C1CNCCN1CC(=O)Nc1c(C)nn(Cc2ccccc2)c1C. The van der Waals surface area contributed by atoms with Gasteiger partial charge in [-0.2, -0.15) is 5.10 Å². The summed E-state index contributed by atoms with van der Waals surface area (Å²) in [6, 6.07) is 18.3. The Labute approximate surface area is 189 Å². The van der Waals surface area contributed by atoms with E-state index in [2.05, 4.69) is 38.8 Å². The Morgan fingerprint density at radius 2 is 1.91 bits per heavy atom. The van der Waals surface area contributed by atoms with Crippen molar-refractivity contribution in [3.05, 3.63) is 77.1 Å². The summed E-state index contributed by atoms with van der Waals surface area (Å²) in [6.07, 6.45) is 0. The molecule has 1 saturated heterocycles. The molecule has 2 aromatic carbocycles. The molecule has 0 radical (unpaired) electrons. The fraction of sp³-hybridized carbons (Fsp3) is 0.360. The van der Waals surface area contributed by atoms with Crippen LogP contribution in [0.15, 0.2) is 54.6 Å². The van der Waals surface area contributed by atoms with Crippen molar-refractivity contribution in [1.82, 2.24) is 20.0 Å². The first-order chi connectivity index (χ1) is 15.6. The molecule has 4 rings (SSSR count). The van der Waals surface area contributed by atoms with Gasteiger partial charge in [-0.25, -0.2) is 0 Å². The van der Waals surface area contributed by atoms with E-state index < -0.39 is 0 Å². The topological polar surface area (TPSA) is 71.4 Å². The van der Waals surface area contributed by atoms with Gasteiger partial charge in [0.05, 0.1) is 43.3 Å². The Morgan fingerprint density at radius 3 is 2.69 bits per heavy atom. The molecule has 2 N–H and O–H groups in total. The van der Waals surface area contributed by atoms with Gasteiger partial charge in [0.2, 0.25) is 5.91 Å². The maximum atomic E-state index is 13.0. The summed E-state index contributed by atoms with van der Waals surface area (Å²) in [5.74, 6) is 0.817. The molecule has 168 valence electrons. The quantitative estimate of drug-likeness (QED) is 0.599. The Balaban J connectivity index is 1.47. The second-order valence-electron chi connectivity index (χ2n) is 8.17. The molecular formula is C25H31N5O2. The van der Waals surface area contributed by atoms with Crippen molar-refractivity contribution in [3.8, 4) is 5.75 Å². The number of rotatable bonds is 7. The van der Waals surface area contributed by atoms with E-state index in [-0.39, 0.29) is 11.9 Å². The zero-order valence-electron chi connectivity index (χ0n) is 19.0. The van der Waals surface area contributed by atoms with Gasteiger partial charge in [0.1, 0.15) is 5.75 Å². The first kappa shape index (κ1) is 22.0. The van der Waals surface area contributed by atoms with E-state index in [1.807, 2.05) is 54.9 Å². The molecule has 3 aromatic rings. The number of nitrogens with one attached hydrogen (secondary N) is 2. The van der Waals surface area contributed by atoms with Crippen molar-refractivity contribution < 1.29 is 9.53 Å². The lowest BCUT2D eigenvalue weighted by molar-refractivity contribution is -0.118. The minimum atomic E-state index is -0.0303. The van der Waals surface area contributed by atoms with Crippen LogP contribution in [0, 0.1) is 13.8 Å². The molecule has 0 aliphatic carbocycles. The Kier molecular flexibility index (Phi) is 6.87. The molecule has 32 heavy (non-hydrogen) atoms. The summed E-state index contributed by atoms with van der Waals surface area (Å²) in [5, 5.41) is 11.2. The molecule has 1 atom stereocenters. The van der Waals surface area contributed by atoms with Crippen LogP contribution in [-0.2, 0) is 11.3 Å². The van der Waals surface area contributed by atoms with Gasteiger partial charge in [-0.3, -0.25) is 14.4 Å². The summed E-state index contributed by atoms with van der Waals surface area (Å²) in [7, 11) is 1.69. The summed E-state index contributed by atoms with van der Waals surface area (Å²) >= 11 is 0. The van der Waals surface area contributed by atoms with E-state index in [0.717, 1.165) is 48.0 Å². The zero-order valence-corrected chi connectivity index (χ0v) is 19.0. The normalized spacial score (nSPS) is 16.7. The third-order valence-corrected chi connectivity index (χ3v) is 6.02. The van der Waals surface area contributed by atoms with Crippen molar-refractivity contribution in [3.63, 3.8) is 0 Å². The fourth-order valence-corrected chi connectivity index (χ4v) is 4.34. The predicted molar refractivity (Wildman–Crippen MR) is 126 cm³/mol. The molecule has 1 unspecified atom stereocenters. The molecule has 1 aliphatic heterocycles. The Bertz CT molecular complexity index is 1060. The molecule has 7 heteroatoms. The second-order valence-corrected chi connectivity index (χ2v) is 8.17. The van der Waals surface area contributed by atoms with E-state index in [4.69, 9.17) is 4.74 Å². The number of methoxy groups -OCH3 is 1. The van der Waals surface area contributed by atoms with Crippen molar-refractivity contribution in [2.45, 2.75) is 26.4 Å². The smallest absolute Gasteiger partial charge is 0.238 e. The van der Waals surface area contributed by atoms with Crippen molar-refractivity contribution in [1.29, 1.82) is 0 Å². The summed E-state index contributed by atoms with van der Waals surface area (Å²) in [5.41, 5.74) is 4.86. The first-order valence-electron chi connectivity index (χ1n) is 11.0. The number of amides is 1. The van der Waals surface area contributed by atoms with Gasteiger partial charge in [0, 0.05) is 25.2 Å². The highest BCUT2D eigenvalue weighted by Crippen LogP contribution is 2.30. The lowest BCUT2D eigenvalue weighted by atomic mass is 10.0. The largest absolute Gasteiger partial charge is 0.496 e. The van der Waals surface area contributed by atoms with Crippen molar-refractivity contribution in [2.24, 2.45) is 0 Å². The van der Waals surface area contributed by atoms with Gasteiger partial charge in [-0.1, -0.05) is 48.5 Å². The monoisotopic (exact) mass is 433 g/mol. The third kappa shape index (κ3) is 4.84. The van der Waals surface area contributed by atoms with Gasteiger partial charge in [0.15, 0.2) is 0 Å². The summed E-state index contributed by atoms with van der Waals surface area (Å²) in [6.45, 7) is 7.35. The van der Waals surface area contributed by atoms with Crippen LogP contribution in [0.25, 0.3) is 0 Å². The minimum Gasteiger partial charge on any atom is -0.496 e. The average Bonchev–Trinajstić information content (AvgIpc) is 3.07. The summed E-state index contributed by atoms with van der Waals surface area (Å²) in [4.78, 5) is 15.3. The molecule has 2 heterocycles. The molecule has 1 aromatic heterocycles. The maximum Gasteiger partial charge on any atom is 0.238 e. The molecule has 1 amide bonds. The van der Waals surface area contributed by atoms with E-state index in [0.29, 0.717) is 13.1 Å². The third-order valence-electron chi connectivity index (χ3n) is 6.02. The molecule has 1 fully saturated rings. The van der Waals surface area contributed by atoms with E-state index >= 15 is 0 Å². The highest BCUT2D eigenvalue weighted by molar-refractivity contribution is 5.93. The van der Waals surface area contributed by atoms with E-state index in [1.54, 1.807) is 7.11 Å². The molecule has 7 nitrogen and oxygen atoms in total. The molecule has 1 aliphatic rings. The lowest BCUT2D eigenvalue weighted by Crippen LogP contribution is -2.48. The van der Waals surface area contributed by atoms with E-state index in [9.17, 15) is 4.79 Å². The number of carbonyl (C=O) groups is 1. The lowest BCUT2D eigenvalue weighted by Gasteiger charge is -2.36. The number of hydrogen-bond donors (Lipinski definition) is 2. The van der Waals surface area contributed by atoms with Crippen LogP contribution in [-0.4, -0.2) is 53.9 Å². The minimum absolute atomic E-state index is 0.0303.